The highest BCUT2D eigenvalue weighted by Gasteiger charge is 2.57. The van der Waals surface area contributed by atoms with E-state index in [4.69, 9.17) is 67.3 Å². The first-order chi connectivity index (χ1) is 46.2. The summed E-state index contributed by atoms with van der Waals surface area (Å²) in [4.78, 5) is 87.7. The molecule has 25 atom stereocenters. The number of carbonyl (C=O) groups excluding carboxylic acids is 5. The summed E-state index contributed by atoms with van der Waals surface area (Å²) in [6.45, 7) is 5.99. The molecule has 0 aromatic rings. The molecule has 558 valence electrons. The summed E-state index contributed by atoms with van der Waals surface area (Å²) < 4.78 is 77.6. The third kappa shape index (κ3) is 24.4. The van der Waals surface area contributed by atoms with E-state index in [0.29, 0.717) is 19.3 Å². The maximum absolute atomic E-state index is 13.3. The van der Waals surface area contributed by atoms with E-state index in [1.807, 2.05) is 13.8 Å². The Morgan fingerprint density at radius 2 is 0.979 bits per heavy atom. The van der Waals surface area contributed by atoms with Gasteiger partial charge in [-0.15, -0.1) is 0 Å². The van der Waals surface area contributed by atoms with Crippen LogP contribution in [0.2, 0.25) is 0 Å². The molecule has 5 aliphatic rings. The Morgan fingerprint density at radius 3 is 1.47 bits per heavy atom. The molecule has 5 aliphatic heterocycles. The second kappa shape index (κ2) is 41.8. The summed E-state index contributed by atoms with van der Waals surface area (Å²) in [5.41, 5.74) is 6.91. The lowest BCUT2D eigenvalue weighted by Gasteiger charge is -2.51. The Labute approximate surface area is 561 Å². The van der Waals surface area contributed by atoms with Crippen LogP contribution < -0.4 is 37.6 Å². The normalized spacial score (nSPS) is 35.2. The molecule has 0 aliphatic carbocycles. The largest absolute Gasteiger partial charge is 0.480 e. The van der Waals surface area contributed by atoms with Gasteiger partial charge in [-0.3, -0.25) is 29.3 Å². The summed E-state index contributed by atoms with van der Waals surface area (Å²) in [5.74, 6) is -6.54. The van der Waals surface area contributed by atoms with Crippen LogP contribution in [0.3, 0.4) is 0 Å². The van der Waals surface area contributed by atoms with E-state index in [1.54, 1.807) is 6.92 Å². The molecular weight excluding hydrogens is 1300 g/mol. The van der Waals surface area contributed by atoms with Gasteiger partial charge in [0.25, 0.3) is 0 Å². The Morgan fingerprint density at radius 1 is 0.526 bits per heavy atom. The minimum Gasteiger partial charge on any atom is -0.480 e. The summed E-state index contributed by atoms with van der Waals surface area (Å²) in [7, 11) is 1.24. The maximum Gasteiger partial charge on any atom is 0.333 e. The smallest absolute Gasteiger partial charge is 0.333 e. The summed E-state index contributed by atoms with van der Waals surface area (Å²) >= 11 is 0. The minimum absolute atomic E-state index is 0.0190. The number of carboxylic acid groups (broad SMARTS) is 2. The number of carbonyl (C=O) groups is 7. The number of carboxylic acids is 2. The topological polar surface area (TPSA) is 540 Å². The van der Waals surface area contributed by atoms with E-state index in [1.165, 1.54) is 14.0 Å². The number of ether oxygens (including phenoxy) is 13. The molecule has 0 aromatic heterocycles. The zero-order chi connectivity index (χ0) is 71.6. The number of aliphatic carboxylic acids is 2. The molecule has 0 saturated carbocycles. The molecule has 0 bridgehead atoms. The number of esters is 1. The molecule has 5 saturated heterocycles. The Balaban J connectivity index is 1.43. The average Bonchev–Trinajstić information content (AvgIpc) is 0.778. The number of nitrogens with one attached hydrogen (secondary N) is 6. The molecule has 5 heterocycles. The third-order valence-corrected chi connectivity index (χ3v) is 16.8. The average molecular weight is 1400 g/mol. The minimum atomic E-state index is -1.99. The highest BCUT2D eigenvalue weighted by molar-refractivity contribution is 5.87. The number of unbranched alkanes of at least 4 members (excludes halogenated alkanes) is 4. The van der Waals surface area contributed by atoms with Crippen molar-refractivity contribution in [1.82, 2.24) is 31.9 Å². The molecule has 97 heavy (non-hydrogen) atoms. The van der Waals surface area contributed by atoms with Gasteiger partial charge in [0, 0.05) is 58.0 Å². The molecule has 0 aromatic carbocycles. The SMILES string of the molecule is C=C(C)C(=O)OCCNCCNC(=O)COCC1OC(OC2C(CO)OC(OC3C(CO)OC(OC)C(NC(=O)CCCCC)C3O)C(NCC(=O)O)C2O)C(N)C(O)C1OC1OC(CO)C(OC2OC(COCC(=O)O)C(C)C(O)C2NC(=O)CCCCC)C(O)C1NC(C)=O. The van der Waals surface area contributed by atoms with Gasteiger partial charge < -0.3 is 145 Å². The number of amides is 4. The van der Waals surface area contributed by atoms with Crippen molar-refractivity contribution in [2.24, 2.45) is 11.7 Å². The van der Waals surface area contributed by atoms with Crippen molar-refractivity contribution in [3.05, 3.63) is 12.2 Å². The molecule has 4 amide bonds. The van der Waals surface area contributed by atoms with E-state index in [2.05, 4.69) is 38.5 Å². The van der Waals surface area contributed by atoms with Crippen LogP contribution in [0.4, 0.5) is 0 Å². The number of nitrogens with two attached hydrogens (primary N) is 1. The summed E-state index contributed by atoms with van der Waals surface area (Å²) in [6, 6.07) is -7.77. The van der Waals surface area contributed by atoms with Gasteiger partial charge in [-0.1, -0.05) is 53.0 Å². The van der Waals surface area contributed by atoms with Crippen molar-refractivity contribution in [3.8, 4) is 0 Å². The fourth-order valence-corrected chi connectivity index (χ4v) is 11.6. The molecule has 5 rings (SSSR count). The fourth-order valence-electron chi connectivity index (χ4n) is 11.6. The van der Waals surface area contributed by atoms with Crippen molar-refractivity contribution in [1.29, 1.82) is 0 Å². The van der Waals surface area contributed by atoms with Crippen molar-refractivity contribution in [2.75, 3.05) is 86.1 Å². The zero-order valence-corrected chi connectivity index (χ0v) is 55.5. The third-order valence-electron chi connectivity index (χ3n) is 16.8. The second-order valence-electron chi connectivity index (χ2n) is 24.4. The molecule has 0 radical (unpaired) electrons. The number of hydrogen-bond donors (Lipinski definition) is 17. The van der Waals surface area contributed by atoms with Crippen LogP contribution in [0.5, 0.6) is 0 Å². The quantitative estimate of drug-likeness (QED) is 0.0154. The van der Waals surface area contributed by atoms with Crippen molar-refractivity contribution in [3.63, 3.8) is 0 Å². The monoisotopic (exact) mass is 1400 g/mol. The number of aliphatic hydroxyl groups is 8. The highest BCUT2D eigenvalue weighted by atomic mass is 16.8. The lowest BCUT2D eigenvalue weighted by molar-refractivity contribution is -0.366. The summed E-state index contributed by atoms with van der Waals surface area (Å²) in [6.07, 6.45) is -27.7. The van der Waals surface area contributed by atoms with Gasteiger partial charge in [0.2, 0.25) is 23.6 Å². The van der Waals surface area contributed by atoms with E-state index in [-0.39, 0.29) is 51.3 Å². The first-order valence-electron chi connectivity index (χ1n) is 32.6. The van der Waals surface area contributed by atoms with Gasteiger partial charge in [0.1, 0.15) is 111 Å². The van der Waals surface area contributed by atoms with Crippen LogP contribution in [0.15, 0.2) is 12.2 Å². The van der Waals surface area contributed by atoms with Gasteiger partial charge in [-0.2, -0.15) is 0 Å². The maximum atomic E-state index is 13.3. The standard InChI is InChI=1S/C60H103N7O30/c1-8-10-12-14-36(72)66-43-46(79)29(5)34(24-87-27-40(77)78)92-59(43)96-53-33(23-70)91-60(45(50(53)83)65-30(6)71)97-54-35(25-86-26-38(74)63-17-16-62-18-19-88-55(84)28(3)4)93-56(41(61)47(54)80)94-51-32(22-69)90-58(42(48(51)81)64-20-39(75)76)95-52-31(21-68)89-57(85-7)44(49(52)82)67-37(73)15-13-11-9-2/h29,31-35,41-54,56-60,62,64,68-70,79-83H,3,8-27,61H2,1-2,4-7H3,(H,63,74)(H,65,71)(H,66,72)(H,67,73)(H,75,76)(H,77,78). The fraction of sp³-hybridized carbons (Fsp3) is 0.850. The zero-order valence-electron chi connectivity index (χ0n) is 55.5. The van der Waals surface area contributed by atoms with Gasteiger partial charge in [0.15, 0.2) is 31.5 Å². The molecule has 37 heteroatoms. The first kappa shape index (κ1) is 82.8. The van der Waals surface area contributed by atoms with Crippen LogP contribution in [0, 0.1) is 5.92 Å². The number of rotatable bonds is 41. The predicted molar refractivity (Wildman–Crippen MR) is 328 cm³/mol. The van der Waals surface area contributed by atoms with Gasteiger partial charge in [-0.25, -0.2) is 9.59 Å². The second-order valence-corrected chi connectivity index (χ2v) is 24.4. The molecule has 18 N–H and O–H groups in total. The van der Waals surface area contributed by atoms with E-state index >= 15 is 0 Å². The Bertz CT molecular complexity index is 2470. The Kier molecular flexibility index (Phi) is 35.6. The number of aliphatic hydroxyl groups excluding tert-OH is 8. The van der Waals surface area contributed by atoms with Crippen molar-refractivity contribution >= 4 is 41.5 Å². The van der Waals surface area contributed by atoms with Gasteiger partial charge in [-0.05, 0) is 19.8 Å². The molecular formula is C60H103N7O30. The first-order valence-corrected chi connectivity index (χ1v) is 32.6. The van der Waals surface area contributed by atoms with Crippen LogP contribution in [-0.4, -0.2) is 326 Å². The van der Waals surface area contributed by atoms with Gasteiger partial charge >= 0.3 is 17.9 Å². The van der Waals surface area contributed by atoms with E-state index in [9.17, 15) is 84.6 Å². The predicted octanol–water partition coefficient (Wildman–Crippen LogP) is -6.84. The van der Waals surface area contributed by atoms with Crippen molar-refractivity contribution < 1.29 is 146 Å². The lowest BCUT2D eigenvalue weighted by atomic mass is 9.88. The van der Waals surface area contributed by atoms with E-state index < -0.39 is 241 Å². The Hall–Kier alpha value is -4.89. The summed E-state index contributed by atoms with van der Waals surface area (Å²) in [5, 5.41) is 128. The molecule has 0 spiro atoms. The number of methoxy groups -OCH3 is 1. The molecule has 37 nitrogen and oxygen atoms in total. The highest BCUT2D eigenvalue weighted by Crippen LogP contribution is 2.37. The lowest BCUT2D eigenvalue weighted by Crippen LogP contribution is -2.71. The van der Waals surface area contributed by atoms with E-state index in [0.717, 1.165) is 26.2 Å². The number of hydrogen-bond acceptors (Lipinski definition) is 31. The van der Waals surface area contributed by atoms with Crippen LogP contribution >= 0.6 is 0 Å². The van der Waals surface area contributed by atoms with Crippen LogP contribution in [0.25, 0.3) is 0 Å². The van der Waals surface area contributed by atoms with Crippen LogP contribution in [0.1, 0.15) is 86.0 Å². The molecule has 5 fully saturated rings. The van der Waals surface area contributed by atoms with Crippen molar-refractivity contribution in [2.45, 2.75) is 233 Å². The molecule has 25 unspecified atom stereocenters. The van der Waals surface area contributed by atoms with Gasteiger partial charge in [0.05, 0.1) is 63.9 Å². The van der Waals surface area contributed by atoms with Crippen LogP contribution in [-0.2, 0) is 95.1 Å².